The Kier molecular flexibility index (Phi) is 6.02. The van der Waals surface area contributed by atoms with Crippen molar-refractivity contribution in [1.82, 2.24) is 14.5 Å². The van der Waals surface area contributed by atoms with Gasteiger partial charge in [-0.2, -0.15) is 0 Å². The Hall–Kier alpha value is -2.47. The van der Waals surface area contributed by atoms with Crippen LogP contribution in [-0.2, 0) is 19.4 Å². The van der Waals surface area contributed by atoms with Gasteiger partial charge in [-0.25, -0.2) is 4.98 Å². The fourth-order valence-electron chi connectivity index (χ4n) is 5.44. The van der Waals surface area contributed by atoms with Gasteiger partial charge in [-0.05, 0) is 85.6 Å². The van der Waals surface area contributed by atoms with Gasteiger partial charge in [-0.3, -0.25) is 14.3 Å². The molecule has 0 saturated carbocycles. The van der Waals surface area contributed by atoms with Crippen molar-refractivity contribution in [2.75, 3.05) is 13.1 Å². The van der Waals surface area contributed by atoms with Crippen molar-refractivity contribution < 1.29 is 0 Å². The molecule has 1 fully saturated rings. The molecule has 0 spiro atoms. The molecule has 0 amide bonds. The number of piperidine rings is 1. The molecular formula is C28H28ClN3OS. The lowest BCUT2D eigenvalue weighted by Gasteiger charge is -2.29. The summed E-state index contributed by atoms with van der Waals surface area (Å²) in [5.74, 6) is 0. The van der Waals surface area contributed by atoms with E-state index >= 15 is 0 Å². The molecule has 4 nitrogen and oxygen atoms in total. The number of halogens is 1. The van der Waals surface area contributed by atoms with Gasteiger partial charge in [0.15, 0.2) is 0 Å². The van der Waals surface area contributed by atoms with Crippen LogP contribution in [0.1, 0.15) is 48.4 Å². The number of hydrogen-bond donors (Lipinski definition) is 0. The number of rotatable bonds is 4. The summed E-state index contributed by atoms with van der Waals surface area (Å²) in [6, 6.07) is 16.9. The van der Waals surface area contributed by atoms with Crippen molar-refractivity contribution in [3.63, 3.8) is 0 Å². The maximum absolute atomic E-state index is 13.4. The van der Waals surface area contributed by atoms with Crippen LogP contribution in [0.25, 0.3) is 20.7 Å². The first kappa shape index (κ1) is 22.0. The van der Waals surface area contributed by atoms with Crippen LogP contribution in [0.3, 0.4) is 0 Å². The van der Waals surface area contributed by atoms with Gasteiger partial charge in [0.2, 0.25) is 0 Å². The molecule has 4 aromatic rings. The summed E-state index contributed by atoms with van der Waals surface area (Å²) in [4.78, 5) is 21.7. The fraction of sp³-hybridized carbons (Fsp3) is 0.357. The average molecular weight is 490 g/mol. The maximum atomic E-state index is 13.4. The minimum Gasteiger partial charge on any atom is -0.299 e. The second kappa shape index (κ2) is 9.29. The van der Waals surface area contributed by atoms with E-state index in [9.17, 15) is 4.79 Å². The molecule has 34 heavy (non-hydrogen) atoms. The molecule has 6 heteroatoms. The predicted molar refractivity (Wildman–Crippen MR) is 141 cm³/mol. The van der Waals surface area contributed by atoms with Crippen LogP contribution in [0.4, 0.5) is 0 Å². The van der Waals surface area contributed by atoms with Gasteiger partial charge in [0.1, 0.15) is 4.70 Å². The Balaban J connectivity index is 1.24. The first-order valence-electron chi connectivity index (χ1n) is 12.2. The Morgan fingerprint density at radius 2 is 1.82 bits per heavy atom. The van der Waals surface area contributed by atoms with Crippen LogP contribution >= 0.6 is 22.9 Å². The monoisotopic (exact) mass is 489 g/mol. The number of fused-ring (bicyclic) bond motifs is 2. The normalized spacial score (nSPS) is 18.8. The number of benzene rings is 2. The van der Waals surface area contributed by atoms with E-state index in [-0.39, 0.29) is 11.6 Å². The second-order valence-electron chi connectivity index (χ2n) is 9.63. The standard InChI is InChI=1S/C28H28ClN3OS/c29-23-9-6-20(7-10-23)26-16-25-27(34-26)28(33)32(18-30-25)24-11-8-21-14-19(4-5-22(21)15-24)17-31-12-2-1-3-13-31/h4-7,9-10,14,16,18,24H,1-3,8,11-13,15,17H2. The lowest BCUT2D eigenvalue weighted by molar-refractivity contribution is 0.221. The van der Waals surface area contributed by atoms with Crippen LogP contribution in [-0.4, -0.2) is 27.5 Å². The lowest BCUT2D eigenvalue weighted by Crippen LogP contribution is -2.30. The van der Waals surface area contributed by atoms with Gasteiger partial charge < -0.3 is 0 Å². The number of nitrogens with zero attached hydrogens (tertiary/aromatic N) is 3. The molecule has 1 aliphatic carbocycles. The highest BCUT2D eigenvalue weighted by atomic mass is 35.5. The highest BCUT2D eigenvalue weighted by Crippen LogP contribution is 2.33. The molecule has 2 aliphatic rings. The highest BCUT2D eigenvalue weighted by molar-refractivity contribution is 7.22. The summed E-state index contributed by atoms with van der Waals surface area (Å²) in [6.07, 6.45) is 8.65. The summed E-state index contributed by atoms with van der Waals surface area (Å²) < 4.78 is 2.60. The van der Waals surface area contributed by atoms with Crippen molar-refractivity contribution in [1.29, 1.82) is 0 Å². The molecule has 174 valence electrons. The lowest BCUT2D eigenvalue weighted by atomic mass is 9.87. The van der Waals surface area contributed by atoms with Crippen molar-refractivity contribution in [2.45, 2.75) is 51.1 Å². The molecule has 2 aromatic heterocycles. The number of thiophene rings is 1. The number of likely N-dealkylation sites (tertiary alicyclic amines) is 1. The van der Waals surface area contributed by atoms with Gasteiger partial charge in [0, 0.05) is 22.5 Å². The van der Waals surface area contributed by atoms with E-state index in [4.69, 9.17) is 11.6 Å². The molecular weight excluding hydrogens is 462 g/mol. The minimum atomic E-state index is 0.0744. The van der Waals surface area contributed by atoms with Crippen LogP contribution in [0.2, 0.25) is 5.02 Å². The van der Waals surface area contributed by atoms with E-state index in [1.807, 2.05) is 34.9 Å². The second-order valence-corrected chi connectivity index (χ2v) is 11.1. The SMILES string of the molecule is O=c1c2sc(-c3ccc(Cl)cc3)cc2ncn1C1CCc2cc(CN3CCCCC3)ccc2C1. The van der Waals surface area contributed by atoms with E-state index in [0.29, 0.717) is 5.02 Å². The Morgan fingerprint density at radius 3 is 2.65 bits per heavy atom. The third-order valence-electron chi connectivity index (χ3n) is 7.31. The molecule has 1 aliphatic heterocycles. The molecule has 2 aromatic carbocycles. The van der Waals surface area contributed by atoms with E-state index in [1.165, 1.54) is 60.4 Å². The average Bonchev–Trinajstić information content (AvgIpc) is 3.30. The van der Waals surface area contributed by atoms with Crippen LogP contribution < -0.4 is 5.56 Å². The molecule has 1 saturated heterocycles. The molecule has 0 N–H and O–H groups in total. The summed E-state index contributed by atoms with van der Waals surface area (Å²) in [5.41, 5.74) is 6.16. The summed E-state index contributed by atoms with van der Waals surface area (Å²) in [5, 5.41) is 0.710. The van der Waals surface area contributed by atoms with E-state index in [2.05, 4.69) is 28.1 Å². The molecule has 0 bridgehead atoms. The summed E-state index contributed by atoms with van der Waals surface area (Å²) in [6.45, 7) is 3.51. The smallest absolute Gasteiger partial charge is 0.271 e. The van der Waals surface area contributed by atoms with Crippen molar-refractivity contribution in [3.8, 4) is 10.4 Å². The molecule has 0 radical (unpaired) electrons. The molecule has 3 heterocycles. The first-order chi connectivity index (χ1) is 16.6. The number of aryl methyl sites for hydroxylation is 1. The largest absolute Gasteiger partial charge is 0.299 e. The highest BCUT2D eigenvalue weighted by Gasteiger charge is 2.23. The van der Waals surface area contributed by atoms with Crippen molar-refractivity contribution >= 4 is 33.2 Å². The zero-order valence-electron chi connectivity index (χ0n) is 19.2. The van der Waals surface area contributed by atoms with E-state index in [0.717, 1.165) is 46.5 Å². The molecule has 1 atom stereocenters. The summed E-state index contributed by atoms with van der Waals surface area (Å²) in [7, 11) is 0. The van der Waals surface area contributed by atoms with Crippen LogP contribution in [0.15, 0.2) is 59.7 Å². The third-order valence-corrected chi connectivity index (χ3v) is 8.73. The van der Waals surface area contributed by atoms with Gasteiger partial charge in [-0.15, -0.1) is 11.3 Å². The zero-order valence-corrected chi connectivity index (χ0v) is 20.7. The zero-order chi connectivity index (χ0) is 23.1. The fourth-order valence-corrected chi connectivity index (χ4v) is 6.62. The van der Waals surface area contributed by atoms with Gasteiger partial charge in [-0.1, -0.05) is 48.4 Å². The Morgan fingerprint density at radius 1 is 1.00 bits per heavy atom. The van der Waals surface area contributed by atoms with Crippen LogP contribution in [0, 0.1) is 0 Å². The van der Waals surface area contributed by atoms with Gasteiger partial charge in [0.05, 0.1) is 11.8 Å². The topological polar surface area (TPSA) is 38.1 Å². The third kappa shape index (κ3) is 4.33. The maximum Gasteiger partial charge on any atom is 0.271 e. The first-order valence-corrected chi connectivity index (χ1v) is 13.4. The number of aromatic nitrogens is 2. The van der Waals surface area contributed by atoms with Crippen molar-refractivity contribution in [3.05, 3.63) is 86.9 Å². The Labute approximate surface area is 208 Å². The van der Waals surface area contributed by atoms with E-state index < -0.39 is 0 Å². The molecule has 1 unspecified atom stereocenters. The van der Waals surface area contributed by atoms with Crippen molar-refractivity contribution in [2.24, 2.45) is 0 Å². The van der Waals surface area contributed by atoms with Crippen LogP contribution in [0.5, 0.6) is 0 Å². The minimum absolute atomic E-state index is 0.0744. The van der Waals surface area contributed by atoms with Gasteiger partial charge >= 0.3 is 0 Å². The summed E-state index contributed by atoms with van der Waals surface area (Å²) >= 11 is 7.56. The number of hydrogen-bond acceptors (Lipinski definition) is 4. The van der Waals surface area contributed by atoms with Gasteiger partial charge in [0.25, 0.3) is 5.56 Å². The predicted octanol–water partition coefficient (Wildman–Crippen LogP) is 6.49. The Bertz CT molecular complexity index is 1390. The molecule has 6 rings (SSSR count). The van der Waals surface area contributed by atoms with E-state index in [1.54, 1.807) is 6.33 Å². The quantitative estimate of drug-likeness (QED) is 0.328.